The predicted octanol–water partition coefficient (Wildman–Crippen LogP) is 5.40. The molecule has 1 aliphatic heterocycles. The lowest BCUT2D eigenvalue weighted by Crippen LogP contribution is -2.26. The number of nitriles is 1. The summed E-state index contributed by atoms with van der Waals surface area (Å²) < 4.78 is 51.4. The number of alkyl halides is 3. The molecule has 2 heterocycles. The first-order valence-electron chi connectivity index (χ1n) is 10.3. The van der Waals surface area contributed by atoms with Crippen molar-refractivity contribution in [2.75, 3.05) is 0 Å². The van der Waals surface area contributed by atoms with Crippen LogP contribution in [0.2, 0.25) is 0 Å². The van der Waals surface area contributed by atoms with Crippen LogP contribution in [0.5, 0.6) is 11.5 Å². The third kappa shape index (κ3) is 3.65. The molecule has 1 aliphatic rings. The van der Waals surface area contributed by atoms with E-state index in [2.05, 4.69) is 0 Å². The van der Waals surface area contributed by atoms with Gasteiger partial charge in [0.05, 0.1) is 22.4 Å². The van der Waals surface area contributed by atoms with Crippen LogP contribution in [0, 0.1) is 11.3 Å². The van der Waals surface area contributed by atoms with Gasteiger partial charge in [0.1, 0.15) is 23.0 Å². The van der Waals surface area contributed by atoms with Crippen molar-refractivity contribution in [3.8, 4) is 28.7 Å². The highest BCUT2D eigenvalue weighted by Crippen LogP contribution is 2.44. The summed E-state index contributed by atoms with van der Waals surface area (Å²) in [4.78, 5) is 13.0. The number of nitrogens with zero attached hydrogens (tertiary/aromatic N) is 1. The third-order valence-corrected chi connectivity index (χ3v) is 5.84. The molecule has 0 amide bonds. The number of nitrogens with two attached hydrogens (primary N) is 1. The molecule has 0 fully saturated rings. The van der Waals surface area contributed by atoms with E-state index < -0.39 is 23.3 Å². The molecule has 0 saturated carbocycles. The summed E-state index contributed by atoms with van der Waals surface area (Å²) in [5.74, 6) is -1.28. The Morgan fingerprint density at radius 1 is 1.03 bits per heavy atom. The number of phenols is 1. The number of rotatable bonds is 2. The number of hydrogen-bond acceptors (Lipinski definition) is 6. The molecule has 1 atom stereocenters. The van der Waals surface area contributed by atoms with E-state index in [1.807, 2.05) is 6.07 Å². The van der Waals surface area contributed by atoms with Gasteiger partial charge >= 0.3 is 11.8 Å². The largest absolute Gasteiger partial charge is 0.508 e. The van der Waals surface area contributed by atoms with E-state index in [-0.39, 0.29) is 45.1 Å². The van der Waals surface area contributed by atoms with Gasteiger partial charge in [0.2, 0.25) is 5.88 Å². The maximum absolute atomic E-state index is 13.5. The van der Waals surface area contributed by atoms with Crippen LogP contribution in [0.3, 0.4) is 0 Å². The summed E-state index contributed by atoms with van der Waals surface area (Å²) in [6.07, 6.45) is -4.54. The molecule has 5 rings (SSSR count). The molecule has 3 aromatic carbocycles. The molecule has 0 radical (unpaired) electrons. The lowest BCUT2D eigenvalue weighted by molar-refractivity contribution is -0.137. The monoisotopic (exact) mass is 476 g/mol. The molecule has 6 nitrogen and oxygen atoms in total. The van der Waals surface area contributed by atoms with Gasteiger partial charge in [-0.1, -0.05) is 42.5 Å². The minimum absolute atomic E-state index is 0.00251. The van der Waals surface area contributed by atoms with Crippen molar-refractivity contribution in [3.05, 3.63) is 105 Å². The molecule has 0 bridgehead atoms. The molecule has 1 unspecified atom stereocenters. The zero-order valence-corrected chi connectivity index (χ0v) is 17.8. The zero-order valence-electron chi connectivity index (χ0n) is 17.8. The number of fused-ring (bicyclic) bond motifs is 3. The molecular weight excluding hydrogens is 461 g/mol. The minimum Gasteiger partial charge on any atom is -0.508 e. The number of aromatic hydroxyl groups is 1. The number of halogens is 3. The van der Waals surface area contributed by atoms with Crippen molar-refractivity contribution >= 4 is 11.0 Å². The quantitative estimate of drug-likeness (QED) is 0.375. The Bertz CT molecular complexity index is 1610. The lowest BCUT2D eigenvalue weighted by atomic mass is 9.83. The van der Waals surface area contributed by atoms with Gasteiger partial charge in [-0.3, -0.25) is 0 Å². The molecular formula is C26H15F3N2O4. The average molecular weight is 476 g/mol. The second kappa shape index (κ2) is 7.95. The van der Waals surface area contributed by atoms with Gasteiger partial charge in [0.25, 0.3) is 0 Å². The lowest BCUT2D eigenvalue weighted by Gasteiger charge is -2.26. The van der Waals surface area contributed by atoms with Gasteiger partial charge < -0.3 is 20.0 Å². The topological polar surface area (TPSA) is 109 Å². The second-order valence-corrected chi connectivity index (χ2v) is 7.90. The highest BCUT2D eigenvalue weighted by molar-refractivity contribution is 5.87. The molecule has 4 aromatic rings. The van der Waals surface area contributed by atoms with Crippen LogP contribution in [0.15, 0.2) is 87.4 Å². The van der Waals surface area contributed by atoms with E-state index in [0.29, 0.717) is 11.1 Å². The molecule has 174 valence electrons. The van der Waals surface area contributed by atoms with E-state index in [0.717, 1.165) is 6.07 Å². The summed E-state index contributed by atoms with van der Waals surface area (Å²) in [5.41, 5.74) is 5.29. The van der Waals surface area contributed by atoms with E-state index >= 15 is 0 Å². The Labute approximate surface area is 195 Å². The maximum Gasteiger partial charge on any atom is 0.417 e. The van der Waals surface area contributed by atoms with E-state index in [4.69, 9.17) is 14.9 Å². The SMILES string of the molecule is N#CC1=C(N)Oc2c(c(=O)oc3ccc(O)cc23)C1c1ccc(-c2ccccc2C(F)(F)F)cc1. The second-order valence-electron chi connectivity index (χ2n) is 7.90. The smallest absolute Gasteiger partial charge is 0.417 e. The van der Waals surface area contributed by atoms with Crippen molar-refractivity contribution in [1.82, 2.24) is 0 Å². The Kier molecular flexibility index (Phi) is 5.02. The van der Waals surface area contributed by atoms with Gasteiger partial charge in [-0.2, -0.15) is 18.4 Å². The van der Waals surface area contributed by atoms with Crippen LogP contribution >= 0.6 is 0 Å². The van der Waals surface area contributed by atoms with E-state index in [1.54, 1.807) is 0 Å². The normalized spacial score (nSPS) is 15.4. The average Bonchev–Trinajstić information content (AvgIpc) is 2.83. The summed E-state index contributed by atoms with van der Waals surface area (Å²) in [6, 6.07) is 17.3. The van der Waals surface area contributed by atoms with Crippen LogP contribution in [-0.4, -0.2) is 5.11 Å². The molecule has 35 heavy (non-hydrogen) atoms. The van der Waals surface area contributed by atoms with Gasteiger partial charge in [0.15, 0.2) is 5.75 Å². The predicted molar refractivity (Wildman–Crippen MR) is 120 cm³/mol. The van der Waals surface area contributed by atoms with Crippen molar-refractivity contribution < 1.29 is 27.4 Å². The molecule has 0 saturated heterocycles. The van der Waals surface area contributed by atoms with Crippen LogP contribution in [0.25, 0.3) is 22.1 Å². The Morgan fingerprint density at radius 2 is 1.74 bits per heavy atom. The number of phenolic OH excluding ortho intramolecular Hbond substituents is 1. The number of benzene rings is 3. The van der Waals surface area contributed by atoms with Gasteiger partial charge in [-0.15, -0.1) is 0 Å². The molecule has 1 aromatic heterocycles. The van der Waals surface area contributed by atoms with E-state index in [1.165, 1.54) is 60.7 Å². The maximum atomic E-state index is 13.5. The summed E-state index contributed by atoms with van der Waals surface area (Å²) in [5, 5.41) is 20.0. The minimum atomic E-state index is -4.54. The van der Waals surface area contributed by atoms with Crippen molar-refractivity contribution in [3.63, 3.8) is 0 Å². The van der Waals surface area contributed by atoms with Gasteiger partial charge in [-0.05, 0) is 41.0 Å². The fourth-order valence-electron chi connectivity index (χ4n) is 4.28. The molecule has 3 N–H and O–H groups in total. The van der Waals surface area contributed by atoms with Crippen LogP contribution in [-0.2, 0) is 6.18 Å². The van der Waals surface area contributed by atoms with Gasteiger partial charge in [-0.25, -0.2) is 4.79 Å². The molecule has 0 aliphatic carbocycles. The van der Waals surface area contributed by atoms with Crippen LogP contribution in [0.1, 0.15) is 22.6 Å². The van der Waals surface area contributed by atoms with E-state index in [9.17, 15) is 28.3 Å². The van der Waals surface area contributed by atoms with Crippen molar-refractivity contribution in [2.24, 2.45) is 5.73 Å². The Hall–Kier alpha value is -4.71. The first-order valence-corrected chi connectivity index (χ1v) is 10.3. The first-order chi connectivity index (χ1) is 16.7. The zero-order chi connectivity index (χ0) is 24.9. The highest BCUT2D eigenvalue weighted by Gasteiger charge is 2.36. The number of hydrogen-bond donors (Lipinski definition) is 2. The highest BCUT2D eigenvalue weighted by atomic mass is 19.4. The summed E-state index contributed by atoms with van der Waals surface area (Å²) >= 11 is 0. The Balaban J connectivity index is 1.69. The van der Waals surface area contributed by atoms with Crippen molar-refractivity contribution in [2.45, 2.75) is 12.1 Å². The number of allylic oxidation sites excluding steroid dienone is 1. The number of ether oxygens (including phenoxy) is 1. The van der Waals surface area contributed by atoms with Gasteiger partial charge in [0, 0.05) is 0 Å². The standard InChI is InChI=1S/C26H15F3N2O4/c27-26(28,29)19-4-2-1-3-16(19)13-5-7-14(8-6-13)21-18(12-30)24(31)35-23-17-11-15(32)9-10-20(17)34-25(33)22(21)23/h1-11,21,32H,31H2. The Morgan fingerprint density at radius 3 is 2.43 bits per heavy atom. The molecule has 0 spiro atoms. The fourth-order valence-corrected chi connectivity index (χ4v) is 4.28. The van der Waals surface area contributed by atoms with Crippen molar-refractivity contribution in [1.29, 1.82) is 5.26 Å². The van der Waals surface area contributed by atoms with Crippen LogP contribution < -0.4 is 16.1 Å². The van der Waals surface area contributed by atoms with Crippen LogP contribution in [0.4, 0.5) is 13.2 Å². The molecule has 9 heteroatoms. The first kappa shape index (κ1) is 22.1. The fraction of sp³-hybridized carbons (Fsp3) is 0.0769. The summed E-state index contributed by atoms with van der Waals surface area (Å²) in [6.45, 7) is 0. The third-order valence-electron chi connectivity index (χ3n) is 5.84. The summed E-state index contributed by atoms with van der Waals surface area (Å²) in [7, 11) is 0.